The highest BCUT2D eigenvalue weighted by molar-refractivity contribution is 6.33. The summed E-state index contributed by atoms with van der Waals surface area (Å²) in [5.41, 5.74) is 3.32. The van der Waals surface area contributed by atoms with Gasteiger partial charge in [0.05, 0.1) is 10.6 Å². The van der Waals surface area contributed by atoms with Crippen LogP contribution >= 0.6 is 11.6 Å². The van der Waals surface area contributed by atoms with E-state index in [1.165, 1.54) is 12.3 Å². The van der Waals surface area contributed by atoms with Gasteiger partial charge in [0.25, 0.3) is 0 Å². The first kappa shape index (κ1) is 14.3. The number of aromatic carboxylic acids is 1. The third kappa shape index (κ3) is 2.91. The van der Waals surface area contributed by atoms with Crippen molar-refractivity contribution in [3.63, 3.8) is 0 Å². The molecule has 5 heteroatoms. The summed E-state index contributed by atoms with van der Waals surface area (Å²) in [5.74, 6) is -0.512. The second-order valence-corrected chi connectivity index (χ2v) is 5.15. The molecule has 0 saturated heterocycles. The number of rotatable bonds is 3. The Morgan fingerprint density at radius 3 is 2.30 bits per heavy atom. The first-order valence-electron chi connectivity index (χ1n) is 6.09. The topological polar surface area (TPSA) is 53.4 Å². The van der Waals surface area contributed by atoms with Gasteiger partial charge >= 0.3 is 5.97 Å². The van der Waals surface area contributed by atoms with Gasteiger partial charge in [-0.2, -0.15) is 0 Å². The minimum Gasteiger partial charge on any atom is -0.478 e. The molecule has 0 atom stereocenters. The van der Waals surface area contributed by atoms with Gasteiger partial charge in [0, 0.05) is 18.9 Å². The number of hydrogen-bond donors (Lipinski definition) is 1. The molecule has 4 nitrogen and oxygen atoms in total. The molecule has 0 bridgehead atoms. The molecule has 0 amide bonds. The van der Waals surface area contributed by atoms with E-state index in [4.69, 9.17) is 16.7 Å². The summed E-state index contributed by atoms with van der Waals surface area (Å²) < 4.78 is 0. The lowest BCUT2D eigenvalue weighted by Gasteiger charge is -2.20. The SMILES string of the molecule is Cc1cc(C)cc(N(C)c2ncc(C(=O)O)cc2Cl)c1. The largest absolute Gasteiger partial charge is 0.478 e. The van der Waals surface area contributed by atoms with Crippen LogP contribution in [-0.4, -0.2) is 23.1 Å². The van der Waals surface area contributed by atoms with E-state index in [9.17, 15) is 4.79 Å². The molecular formula is C15H15ClN2O2. The molecule has 1 aromatic carbocycles. The van der Waals surface area contributed by atoms with Crippen LogP contribution in [0.25, 0.3) is 0 Å². The first-order chi connectivity index (χ1) is 9.38. The van der Waals surface area contributed by atoms with E-state index >= 15 is 0 Å². The molecule has 0 saturated carbocycles. The van der Waals surface area contributed by atoms with E-state index in [2.05, 4.69) is 11.1 Å². The van der Waals surface area contributed by atoms with Crippen molar-refractivity contribution in [1.29, 1.82) is 0 Å². The Labute approximate surface area is 122 Å². The molecule has 0 fully saturated rings. The van der Waals surface area contributed by atoms with E-state index in [0.717, 1.165) is 16.8 Å². The van der Waals surface area contributed by atoms with E-state index in [1.54, 1.807) is 0 Å². The molecule has 2 rings (SSSR count). The fraction of sp³-hybridized carbons (Fsp3) is 0.200. The lowest BCUT2D eigenvalue weighted by Crippen LogP contribution is -2.13. The molecule has 0 radical (unpaired) electrons. The Kier molecular flexibility index (Phi) is 3.95. The van der Waals surface area contributed by atoms with E-state index in [-0.39, 0.29) is 5.56 Å². The zero-order chi connectivity index (χ0) is 14.9. The van der Waals surface area contributed by atoms with Crippen LogP contribution in [0.5, 0.6) is 0 Å². The zero-order valence-corrected chi connectivity index (χ0v) is 12.3. The highest BCUT2D eigenvalue weighted by Crippen LogP contribution is 2.30. The predicted molar refractivity (Wildman–Crippen MR) is 80.2 cm³/mol. The molecule has 1 N–H and O–H groups in total. The highest BCUT2D eigenvalue weighted by atomic mass is 35.5. The van der Waals surface area contributed by atoms with E-state index < -0.39 is 5.97 Å². The van der Waals surface area contributed by atoms with Crippen molar-refractivity contribution in [2.24, 2.45) is 0 Å². The molecule has 0 aliphatic rings. The van der Waals surface area contributed by atoms with Crippen molar-refractivity contribution in [2.45, 2.75) is 13.8 Å². The minimum absolute atomic E-state index is 0.0765. The van der Waals surface area contributed by atoms with Gasteiger partial charge in [-0.05, 0) is 43.2 Å². The number of hydrogen-bond acceptors (Lipinski definition) is 3. The minimum atomic E-state index is -1.04. The summed E-state index contributed by atoms with van der Waals surface area (Å²) >= 11 is 6.13. The number of carboxylic acids is 1. The lowest BCUT2D eigenvalue weighted by atomic mass is 10.1. The number of nitrogens with zero attached hydrogens (tertiary/aromatic N) is 2. The van der Waals surface area contributed by atoms with Crippen LogP contribution in [0.1, 0.15) is 21.5 Å². The second kappa shape index (κ2) is 5.51. The van der Waals surface area contributed by atoms with Crippen LogP contribution in [0.15, 0.2) is 30.5 Å². The van der Waals surface area contributed by atoms with E-state index in [1.807, 2.05) is 37.9 Å². The number of aryl methyl sites for hydroxylation is 2. The zero-order valence-electron chi connectivity index (χ0n) is 11.5. The number of aromatic nitrogens is 1. The van der Waals surface area contributed by atoms with Crippen molar-refractivity contribution < 1.29 is 9.90 Å². The number of anilines is 2. The lowest BCUT2D eigenvalue weighted by molar-refractivity contribution is 0.0696. The normalized spacial score (nSPS) is 10.4. The maximum atomic E-state index is 10.9. The molecule has 0 unspecified atom stereocenters. The summed E-state index contributed by atoms with van der Waals surface area (Å²) in [6, 6.07) is 7.54. The quantitative estimate of drug-likeness (QED) is 0.934. The number of pyridine rings is 1. The third-order valence-corrected chi connectivity index (χ3v) is 3.26. The average Bonchev–Trinajstić information content (AvgIpc) is 2.36. The molecule has 0 aliphatic carbocycles. The van der Waals surface area contributed by atoms with Gasteiger partial charge in [0.2, 0.25) is 0 Å². The van der Waals surface area contributed by atoms with Crippen LogP contribution in [0.3, 0.4) is 0 Å². The molecule has 1 heterocycles. The summed E-state index contributed by atoms with van der Waals surface area (Å²) in [4.78, 5) is 16.9. The summed E-state index contributed by atoms with van der Waals surface area (Å²) in [6.07, 6.45) is 1.31. The van der Waals surface area contributed by atoms with Crippen LogP contribution in [-0.2, 0) is 0 Å². The molecule has 0 spiro atoms. The maximum absolute atomic E-state index is 10.9. The Balaban J connectivity index is 2.42. The van der Waals surface area contributed by atoms with Gasteiger partial charge in [-0.15, -0.1) is 0 Å². The fourth-order valence-corrected chi connectivity index (χ4v) is 2.35. The van der Waals surface area contributed by atoms with Crippen molar-refractivity contribution in [1.82, 2.24) is 4.98 Å². The molecule has 2 aromatic rings. The highest BCUT2D eigenvalue weighted by Gasteiger charge is 2.13. The van der Waals surface area contributed by atoms with Crippen molar-refractivity contribution in [3.8, 4) is 0 Å². The molecule has 20 heavy (non-hydrogen) atoms. The fourth-order valence-electron chi connectivity index (χ4n) is 2.06. The number of carboxylic acid groups (broad SMARTS) is 1. The Morgan fingerprint density at radius 2 is 1.80 bits per heavy atom. The Hall–Kier alpha value is -2.07. The van der Waals surface area contributed by atoms with Gasteiger partial charge in [0.1, 0.15) is 0 Å². The predicted octanol–water partition coefficient (Wildman–Crippen LogP) is 3.82. The second-order valence-electron chi connectivity index (χ2n) is 4.74. The van der Waals surface area contributed by atoms with Gasteiger partial charge < -0.3 is 10.0 Å². The van der Waals surface area contributed by atoms with Crippen LogP contribution in [0, 0.1) is 13.8 Å². The maximum Gasteiger partial charge on any atom is 0.337 e. The number of carbonyl (C=O) groups is 1. The standard InChI is InChI=1S/C15H15ClN2O2/c1-9-4-10(2)6-12(5-9)18(3)14-13(16)7-11(8-17-14)15(19)20/h4-8H,1-3H3,(H,19,20). The Bertz CT molecular complexity index is 651. The van der Waals surface area contributed by atoms with Crippen LogP contribution in [0.4, 0.5) is 11.5 Å². The van der Waals surface area contributed by atoms with Crippen LogP contribution in [0.2, 0.25) is 5.02 Å². The molecule has 104 valence electrons. The number of halogens is 1. The monoisotopic (exact) mass is 290 g/mol. The van der Waals surface area contributed by atoms with E-state index in [0.29, 0.717) is 10.8 Å². The third-order valence-electron chi connectivity index (χ3n) is 2.98. The average molecular weight is 291 g/mol. The molecule has 1 aromatic heterocycles. The first-order valence-corrected chi connectivity index (χ1v) is 6.47. The van der Waals surface area contributed by atoms with Gasteiger partial charge in [-0.3, -0.25) is 0 Å². The van der Waals surface area contributed by atoms with Crippen molar-refractivity contribution >= 4 is 29.1 Å². The van der Waals surface area contributed by atoms with Crippen molar-refractivity contribution in [3.05, 3.63) is 52.2 Å². The summed E-state index contributed by atoms with van der Waals surface area (Å²) in [7, 11) is 1.85. The molecular weight excluding hydrogens is 276 g/mol. The smallest absolute Gasteiger partial charge is 0.337 e. The number of benzene rings is 1. The van der Waals surface area contributed by atoms with Crippen molar-refractivity contribution in [2.75, 3.05) is 11.9 Å². The van der Waals surface area contributed by atoms with Gasteiger partial charge in [0.15, 0.2) is 5.82 Å². The summed E-state index contributed by atoms with van der Waals surface area (Å²) in [5, 5.41) is 9.23. The Morgan fingerprint density at radius 1 is 1.20 bits per heavy atom. The molecule has 0 aliphatic heterocycles. The van der Waals surface area contributed by atoms with Gasteiger partial charge in [-0.1, -0.05) is 17.7 Å². The van der Waals surface area contributed by atoms with Crippen LogP contribution < -0.4 is 4.90 Å². The summed E-state index contributed by atoms with van der Waals surface area (Å²) in [6.45, 7) is 4.04. The van der Waals surface area contributed by atoms with Gasteiger partial charge in [-0.25, -0.2) is 9.78 Å².